The van der Waals surface area contributed by atoms with Crippen LogP contribution in [0.3, 0.4) is 0 Å². The highest BCUT2D eigenvalue weighted by Crippen LogP contribution is 2.29. The summed E-state index contributed by atoms with van der Waals surface area (Å²) in [6, 6.07) is 5.97. The second kappa shape index (κ2) is 4.60. The highest BCUT2D eigenvalue weighted by molar-refractivity contribution is 6.35. The normalized spacial score (nSPS) is 24.7. The molecule has 0 aliphatic heterocycles. The van der Waals surface area contributed by atoms with Crippen LogP contribution in [0, 0.1) is 0 Å². The topological polar surface area (TPSA) is 21.3 Å². The Kier molecular flexibility index (Phi) is 3.39. The van der Waals surface area contributed by atoms with E-state index in [2.05, 4.69) is 5.32 Å². The van der Waals surface area contributed by atoms with Crippen LogP contribution < -0.4 is 5.32 Å². The van der Waals surface area contributed by atoms with Crippen molar-refractivity contribution < 1.29 is 4.74 Å². The smallest absolute Gasteiger partial charge is 0.0610 e. The average Bonchev–Trinajstić information content (AvgIpc) is 2.08. The van der Waals surface area contributed by atoms with Crippen molar-refractivity contribution in [2.75, 3.05) is 12.4 Å². The molecule has 2 rings (SSSR count). The fourth-order valence-electron chi connectivity index (χ4n) is 1.75. The lowest BCUT2D eigenvalue weighted by Crippen LogP contribution is -2.40. The van der Waals surface area contributed by atoms with E-state index in [1.165, 1.54) is 0 Å². The zero-order chi connectivity index (χ0) is 10.8. The van der Waals surface area contributed by atoms with E-state index in [0.29, 0.717) is 22.2 Å². The summed E-state index contributed by atoms with van der Waals surface area (Å²) < 4.78 is 5.21. The molecule has 1 aromatic carbocycles. The summed E-state index contributed by atoms with van der Waals surface area (Å²) >= 11 is 11.8. The summed E-state index contributed by atoms with van der Waals surface area (Å²) in [6.45, 7) is 0. The molecular weight excluding hydrogens is 233 g/mol. The molecule has 1 N–H and O–H groups in total. The molecule has 82 valence electrons. The zero-order valence-corrected chi connectivity index (χ0v) is 9.98. The first-order valence-electron chi connectivity index (χ1n) is 4.93. The minimum atomic E-state index is 0.400. The third-order valence-corrected chi connectivity index (χ3v) is 3.10. The van der Waals surface area contributed by atoms with Crippen LogP contribution in [0.1, 0.15) is 12.8 Å². The standard InChI is InChI=1S/C11H13Cl2NO/c1-15-11-5-10(6-11)14-9-3-7(12)2-8(13)4-9/h2-4,10-11,14H,5-6H2,1H3. The Bertz CT molecular complexity index is 330. The molecule has 1 saturated carbocycles. The summed E-state index contributed by atoms with van der Waals surface area (Å²) in [7, 11) is 1.75. The van der Waals surface area contributed by atoms with E-state index in [-0.39, 0.29) is 0 Å². The molecule has 0 radical (unpaired) electrons. The van der Waals surface area contributed by atoms with Crippen LogP contribution in [0.25, 0.3) is 0 Å². The number of anilines is 1. The lowest BCUT2D eigenvalue weighted by Gasteiger charge is -2.35. The number of benzene rings is 1. The predicted molar refractivity (Wildman–Crippen MR) is 63.9 cm³/mol. The van der Waals surface area contributed by atoms with Crippen molar-refractivity contribution in [3.05, 3.63) is 28.2 Å². The van der Waals surface area contributed by atoms with Gasteiger partial charge in [-0.2, -0.15) is 0 Å². The van der Waals surface area contributed by atoms with E-state index in [9.17, 15) is 0 Å². The van der Waals surface area contributed by atoms with E-state index in [1.807, 2.05) is 12.1 Å². The first-order valence-corrected chi connectivity index (χ1v) is 5.68. The Morgan fingerprint density at radius 3 is 2.33 bits per heavy atom. The number of rotatable bonds is 3. The lowest BCUT2D eigenvalue weighted by atomic mass is 9.89. The minimum absolute atomic E-state index is 0.400. The van der Waals surface area contributed by atoms with Crippen molar-refractivity contribution in [2.24, 2.45) is 0 Å². The summed E-state index contributed by atoms with van der Waals surface area (Å²) in [5.74, 6) is 0. The Morgan fingerprint density at radius 1 is 1.20 bits per heavy atom. The van der Waals surface area contributed by atoms with Gasteiger partial charge in [0.2, 0.25) is 0 Å². The molecule has 15 heavy (non-hydrogen) atoms. The van der Waals surface area contributed by atoms with E-state index in [4.69, 9.17) is 27.9 Å². The quantitative estimate of drug-likeness (QED) is 0.880. The molecule has 0 aromatic heterocycles. The van der Waals surface area contributed by atoms with Crippen molar-refractivity contribution in [3.8, 4) is 0 Å². The second-order valence-corrected chi connectivity index (χ2v) is 4.70. The van der Waals surface area contributed by atoms with Crippen LogP contribution in [0.15, 0.2) is 18.2 Å². The summed E-state index contributed by atoms with van der Waals surface area (Å²) in [5.41, 5.74) is 0.979. The van der Waals surface area contributed by atoms with Gasteiger partial charge in [0.15, 0.2) is 0 Å². The maximum Gasteiger partial charge on any atom is 0.0610 e. The Morgan fingerprint density at radius 2 is 1.80 bits per heavy atom. The maximum atomic E-state index is 5.90. The third-order valence-electron chi connectivity index (χ3n) is 2.66. The van der Waals surface area contributed by atoms with E-state index in [0.717, 1.165) is 18.5 Å². The largest absolute Gasteiger partial charge is 0.382 e. The van der Waals surface area contributed by atoms with Crippen LogP contribution in [0.2, 0.25) is 10.0 Å². The molecule has 0 atom stereocenters. The second-order valence-electron chi connectivity index (χ2n) is 3.83. The predicted octanol–water partition coefficient (Wildman–Crippen LogP) is 3.58. The molecule has 4 heteroatoms. The molecule has 0 spiro atoms. The van der Waals surface area contributed by atoms with Gasteiger partial charge in [-0.3, -0.25) is 0 Å². The first kappa shape index (κ1) is 11.1. The molecule has 1 fully saturated rings. The van der Waals surface area contributed by atoms with Crippen LogP contribution in [-0.4, -0.2) is 19.3 Å². The van der Waals surface area contributed by atoms with Crippen molar-refractivity contribution in [2.45, 2.75) is 25.0 Å². The monoisotopic (exact) mass is 245 g/mol. The van der Waals surface area contributed by atoms with Crippen molar-refractivity contribution in [3.63, 3.8) is 0 Å². The van der Waals surface area contributed by atoms with Gasteiger partial charge < -0.3 is 10.1 Å². The number of nitrogens with one attached hydrogen (secondary N) is 1. The van der Waals surface area contributed by atoms with Crippen LogP contribution in [0.5, 0.6) is 0 Å². The fourth-order valence-corrected chi connectivity index (χ4v) is 2.27. The molecule has 1 aliphatic rings. The molecule has 0 saturated heterocycles. The van der Waals surface area contributed by atoms with Gasteiger partial charge >= 0.3 is 0 Å². The molecule has 0 unspecified atom stereocenters. The number of hydrogen-bond donors (Lipinski definition) is 1. The molecule has 2 nitrogen and oxygen atoms in total. The molecule has 0 heterocycles. The third kappa shape index (κ3) is 2.77. The van der Waals surface area contributed by atoms with Crippen molar-refractivity contribution >= 4 is 28.9 Å². The van der Waals surface area contributed by atoms with Gasteiger partial charge in [0.1, 0.15) is 0 Å². The van der Waals surface area contributed by atoms with Gasteiger partial charge in [-0.15, -0.1) is 0 Å². The molecular formula is C11H13Cl2NO. The average molecular weight is 246 g/mol. The van der Waals surface area contributed by atoms with Gasteiger partial charge in [-0.1, -0.05) is 23.2 Å². The Hall–Kier alpha value is -0.440. The van der Waals surface area contributed by atoms with Gasteiger partial charge in [-0.05, 0) is 31.0 Å². The lowest BCUT2D eigenvalue weighted by molar-refractivity contribution is 0.0329. The molecule has 1 aliphatic carbocycles. The number of halogens is 2. The summed E-state index contributed by atoms with van der Waals surface area (Å²) in [6.07, 6.45) is 2.48. The molecule has 0 amide bonds. The summed E-state index contributed by atoms with van der Waals surface area (Å²) in [5, 5.41) is 4.70. The van der Waals surface area contributed by atoms with Crippen LogP contribution in [0.4, 0.5) is 5.69 Å². The SMILES string of the molecule is COC1CC(Nc2cc(Cl)cc(Cl)c2)C1. The van der Waals surface area contributed by atoms with E-state index in [1.54, 1.807) is 13.2 Å². The van der Waals surface area contributed by atoms with Gasteiger partial charge in [0.25, 0.3) is 0 Å². The number of methoxy groups -OCH3 is 1. The van der Waals surface area contributed by atoms with E-state index < -0.39 is 0 Å². The minimum Gasteiger partial charge on any atom is -0.382 e. The van der Waals surface area contributed by atoms with Gasteiger partial charge in [0.05, 0.1) is 6.10 Å². The van der Waals surface area contributed by atoms with Crippen LogP contribution >= 0.6 is 23.2 Å². The molecule has 1 aromatic rings. The van der Waals surface area contributed by atoms with Gasteiger partial charge in [-0.25, -0.2) is 0 Å². The highest BCUT2D eigenvalue weighted by atomic mass is 35.5. The van der Waals surface area contributed by atoms with E-state index >= 15 is 0 Å². The van der Waals surface area contributed by atoms with Crippen molar-refractivity contribution in [1.82, 2.24) is 0 Å². The number of hydrogen-bond acceptors (Lipinski definition) is 2. The Balaban J connectivity index is 1.94. The Labute approximate surface area is 99.5 Å². The summed E-state index contributed by atoms with van der Waals surface area (Å²) in [4.78, 5) is 0. The fraction of sp³-hybridized carbons (Fsp3) is 0.455. The molecule has 0 bridgehead atoms. The van der Waals surface area contributed by atoms with Crippen LogP contribution in [-0.2, 0) is 4.74 Å². The number of ether oxygens (including phenoxy) is 1. The van der Waals surface area contributed by atoms with Gasteiger partial charge in [0, 0.05) is 28.9 Å². The highest BCUT2D eigenvalue weighted by Gasteiger charge is 2.28. The zero-order valence-electron chi connectivity index (χ0n) is 8.47. The van der Waals surface area contributed by atoms with Crippen molar-refractivity contribution in [1.29, 1.82) is 0 Å². The first-order chi connectivity index (χ1) is 7.17. The maximum absolute atomic E-state index is 5.90.